The van der Waals surface area contributed by atoms with E-state index < -0.39 is 0 Å². The first-order valence-corrected chi connectivity index (χ1v) is 5.06. The molecule has 0 atom stereocenters. The summed E-state index contributed by atoms with van der Waals surface area (Å²) in [6.45, 7) is 1.29. The van der Waals surface area contributed by atoms with Crippen LogP contribution in [0.4, 0.5) is 5.69 Å². The molecule has 1 rings (SSSR count). The molecule has 1 heterocycles. The minimum atomic E-state index is -0.306. The van der Waals surface area contributed by atoms with E-state index >= 15 is 0 Å². The van der Waals surface area contributed by atoms with Gasteiger partial charge in [-0.2, -0.15) is 0 Å². The fourth-order valence-electron chi connectivity index (χ4n) is 0.987. The standard InChI is InChI=1S/C9H13NO3S/c1-12-5-4-10-7-3-6-14-8(7)9(11)13-2/h3,6,10H,4-5H2,1-2H3. The lowest BCUT2D eigenvalue weighted by Crippen LogP contribution is -2.10. The van der Waals surface area contributed by atoms with E-state index in [1.54, 1.807) is 7.11 Å². The van der Waals surface area contributed by atoms with E-state index in [1.165, 1.54) is 18.4 Å². The Hall–Kier alpha value is -1.07. The Balaban J connectivity index is 2.58. The number of carbonyl (C=O) groups excluding carboxylic acids is 1. The first-order chi connectivity index (χ1) is 6.79. The smallest absolute Gasteiger partial charge is 0.350 e. The maximum Gasteiger partial charge on any atom is 0.350 e. The summed E-state index contributed by atoms with van der Waals surface area (Å²) in [5.74, 6) is -0.306. The summed E-state index contributed by atoms with van der Waals surface area (Å²) in [5.41, 5.74) is 0.805. The van der Waals surface area contributed by atoms with Gasteiger partial charge in [-0.25, -0.2) is 4.79 Å². The van der Waals surface area contributed by atoms with Gasteiger partial charge in [-0.3, -0.25) is 0 Å². The third-order valence-electron chi connectivity index (χ3n) is 1.66. The summed E-state index contributed by atoms with van der Waals surface area (Å²) in [6, 6.07) is 1.85. The summed E-state index contributed by atoms with van der Waals surface area (Å²) < 4.78 is 9.53. The van der Waals surface area contributed by atoms with Crippen LogP contribution < -0.4 is 5.32 Å². The third-order valence-corrected chi connectivity index (χ3v) is 2.55. The number of hydrogen-bond donors (Lipinski definition) is 1. The van der Waals surface area contributed by atoms with Crippen LogP contribution in [0.1, 0.15) is 9.67 Å². The van der Waals surface area contributed by atoms with Crippen molar-refractivity contribution in [3.8, 4) is 0 Å². The van der Waals surface area contributed by atoms with Crippen molar-refractivity contribution in [2.75, 3.05) is 32.7 Å². The van der Waals surface area contributed by atoms with Crippen LogP contribution in [0.25, 0.3) is 0 Å². The number of hydrogen-bond acceptors (Lipinski definition) is 5. The Kier molecular flexibility index (Phi) is 4.42. The Bertz CT molecular complexity index is 298. The van der Waals surface area contributed by atoms with Crippen LogP contribution in [0.3, 0.4) is 0 Å². The molecular formula is C9H13NO3S. The molecule has 1 N–H and O–H groups in total. The van der Waals surface area contributed by atoms with Gasteiger partial charge in [0.25, 0.3) is 0 Å². The highest BCUT2D eigenvalue weighted by Crippen LogP contribution is 2.22. The number of thiophene rings is 1. The number of esters is 1. The summed E-state index contributed by atoms with van der Waals surface area (Å²) in [5, 5.41) is 4.94. The van der Waals surface area contributed by atoms with Crippen LogP contribution in [0, 0.1) is 0 Å². The zero-order chi connectivity index (χ0) is 10.4. The monoisotopic (exact) mass is 215 g/mol. The van der Waals surface area contributed by atoms with Gasteiger partial charge >= 0.3 is 5.97 Å². The fourth-order valence-corrected chi connectivity index (χ4v) is 1.77. The molecule has 0 radical (unpaired) electrons. The predicted octanol–water partition coefficient (Wildman–Crippen LogP) is 1.59. The van der Waals surface area contributed by atoms with E-state index in [0.717, 1.165) is 5.69 Å². The summed E-state index contributed by atoms with van der Waals surface area (Å²) in [4.78, 5) is 11.8. The van der Waals surface area contributed by atoms with Gasteiger partial charge in [-0.1, -0.05) is 0 Å². The lowest BCUT2D eigenvalue weighted by Gasteiger charge is -2.05. The zero-order valence-electron chi connectivity index (χ0n) is 8.20. The molecule has 0 fully saturated rings. The van der Waals surface area contributed by atoms with Crippen molar-refractivity contribution < 1.29 is 14.3 Å². The van der Waals surface area contributed by atoms with Crippen LogP contribution >= 0.6 is 11.3 Å². The molecular weight excluding hydrogens is 202 g/mol. The maximum atomic E-state index is 11.2. The van der Waals surface area contributed by atoms with Gasteiger partial charge in [0.05, 0.1) is 19.4 Å². The van der Waals surface area contributed by atoms with Crippen molar-refractivity contribution in [1.29, 1.82) is 0 Å². The topological polar surface area (TPSA) is 47.6 Å². The van der Waals surface area contributed by atoms with Crippen LogP contribution in [0.2, 0.25) is 0 Å². The van der Waals surface area contributed by atoms with Crippen LogP contribution in [0.15, 0.2) is 11.4 Å². The molecule has 0 saturated carbocycles. The van der Waals surface area contributed by atoms with Crippen LogP contribution in [-0.4, -0.2) is 33.3 Å². The molecule has 0 amide bonds. The molecule has 0 spiro atoms. The second kappa shape index (κ2) is 5.62. The Morgan fingerprint density at radius 2 is 2.36 bits per heavy atom. The van der Waals surface area contributed by atoms with Gasteiger partial charge in [-0.05, 0) is 11.4 Å². The maximum absolute atomic E-state index is 11.2. The molecule has 0 aliphatic heterocycles. The average molecular weight is 215 g/mol. The Morgan fingerprint density at radius 3 is 3.00 bits per heavy atom. The Morgan fingerprint density at radius 1 is 1.57 bits per heavy atom. The van der Waals surface area contributed by atoms with Crippen molar-refractivity contribution in [2.45, 2.75) is 0 Å². The number of carbonyl (C=O) groups is 1. The first-order valence-electron chi connectivity index (χ1n) is 4.18. The highest BCUT2D eigenvalue weighted by atomic mass is 32.1. The van der Waals surface area contributed by atoms with Crippen molar-refractivity contribution in [3.63, 3.8) is 0 Å². The molecule has 14 heavy (non-hydrogen) atoms. The van der Waals surface area contributed by atoms with Gasteiger partial charge in [0.1, 0.15) is 4.88 Å². The molecule has 78 valence electrons. The van der Waals surface area contributed by atoms with Crippen LogP contribution in [-0.2, 0) is 9.47 Å². The highest BCUT2D eigenvalue weighted by molar-refractivity contribution is 7.12. The average Bonchev–Trinajstić information content (AvgIpc) is 2.65. The first kappa shape index (κ1) is 11.0. The predicted molar refractivity (Wildman–Crippen MR) is 56.0 cm³/mol. The molecule has 4 nitrogen and oxygen atoms in total. The van der Waals surface area contributed by atoms with Crippen molar-refractivity contribution in [3.05, 3.63) is 16.3 Å². The van der Waals surface area contributed by atoms with E-state index in [2.05, 4.69) is 10.1 Å². The van der Waals surface area contributed by atoms with E-state index in [9.17, 15) is 4.79 Å². The van der Waals surface area contributed by atoms with E-state index in [0.29, 0.717) is 18.0 Å². The van der Waals surface area contributed by atoms with Gasteiger partial charge in [0.15, 0.2) is 0 Å². The van der Waals surface area contributed by atoms with Gasteiger partial charge < -0.3 is 14.8 Å². The molecule has 0 unspecified atom stereocenters. The van der Waals surface area contributed by atoms with Crippen molar-refractivity contribution in [1.82, 2.24) is 0 Å². The minimum Gasteiger partial charge on any atom is -0.465 e. The molecule has 0 aliphatic rings. The second-order valence-electron chi connectivity index (χ2n) is 2.57. The lowest BCUT2D eigenvalue weighted by atomic mass is 10.4. The highest BCUT2D eigenvalue weighted by Gasteiger charge is 2.12. The number of rotatable bonds is 5. The third kappa shape index (κ3) is 2.71. The number of methoxy groups -OCH3 is 2. The van der Waals surface area contributed by atoms with Gasteiger partial charge in [-0.15, -0.1) is 11.3 Å². The SMILES string of the molecule is COCCNc1ccsc1C(=O)OC. The molecule has 5 heteroatoms. The second-order valence-corrected chi connectivity index (χ2v) is 3.49. The van der Waals surface area contributed by atoms with E-state index in [-0.39, 0.29) is 5.97 Å². The summed E-state index contributed by atoms with van der Waals surface area (Å²) in [7, 11) is 3.01. The molecule has 0 bridgehead atoms. The lowest BCUT2D eigenvalue weighted by molar-refractivity contribution is 0.0607. The molecule has 1 aromatic rings. The minimum absolute atomic E-state index is 0.306. The normalized spacial score (nSPS) is 9.86. The van der Waals surface area contributed by atoms with E-state index in [1.807, 2.05) is 11.4 Å². The molecule has 0 aromatic carbocycles. The molecule has 0 saturated heterocycles. The number of anilines is 1. The summed E-state index contributed by atoms with van der Waals surface area (Å²) >= 11 is 1.36. The quantitative estimate of drug-likeness (QED) is 0.598. The number of ether oxygens (including phenoxy) is 2. The fraction of sp³-hybridized carbons (Fsp3) is 0.444. The van der Waals surface area contributed by atoms with Crippen molar-refractivity contribution >= 4 is 23.0 Å². The largest absolute Gasteiger partial charge is 0.465 e. The van der Waals surface area contributed by atoms with Gasteiger partial charge in [0, 0.05) is 13.7 Å². The Labute approximate surface area is 86.8 Å². The molecule has 0 aliphatic carbocycles. The van der Waals surface area contributed by atoms with E-state index in [4.69, 9.17) is 4.74 Å². The van der Waals surface area contributed by atoms with Gasteiger partial charge in [0.2, 0.25) is 0 Å². The molecule has 1 aromatic heterocycles. The van der Waals surface area contributed by atoms with Crippen molar-refractivity contribution in [2.24, 2.45) is 0 Å². The summed E-state index contributed by atoms with van der Waals surface area (Å²) in [6.07, 6.45) is 0. The van der Waals surface area contributed by atoms with Crippen LogP contribution in [0.5, 0.6) is 0 Å². The number of nitrogens with one attached hydrogen (secondary N) is 1. The zero-order valence-corrected chi connectivity index (χ0v) is 9.02.